The topological polar surface area (TPSA) is 106 Å². The Labute approximate surface area is 111 Å². The minimum absolute atomic E-state index is 0.00638. The quantitative estimate of drug-likeness (QED) is 0.313. The molecule has 7 nitrogen and oxygen atoms in total. The molecule has 2 rings (SSSR count). The number of rotatable bonds is 4. The molecule has 0 aliphatic heterocycles. The molecule has 1 aliphatic rings. The van der Waals surface area contributed by atoms with E-state index in [0.717, 1.165) is 5.69 Å². The number of aromatic nitrogens is 2. The summed E-state index contributed by atoms with van der Waals surface area (Å²) in [6.07, 6.45) is 2.90. The predicted octanol–water partition coefficient (Wildman–Crippen LogP) is 0.199. The molecule has 1 aromatic heterocycles. The maximum Gasteiger partial charge on any atom is 0.234 e. The summed E-state index contributed by atoms with van der Waals surface area (Å²) in [6.45, 7) is 2.42. The van der Waals surface area contributed by atoms with E-state index in [1.165, 1.54) is 0 Å². The normalized spacial score (nSPS) is 26.8. The van der Waals surface area contributed by atoms with Crippen LogP contribution in [0.5, 0.6) is 0 Å². The lowest BCUT2D eigenvalue weighted by atomic mass is 9.61. The third kappa shape index (κ3) is 2.27. The number of hydrogen-bond acceptors (Lipinski definition) is 4. The smallest absolute Gasteiger partial charge is 0.234 e. The average Bonchev–Trinajstić information content (AvgIpc) is 2.76. The molecule has 0 unspecified atom stereocenters. The standard InChI is InChI=1S/C12H19N5O2/c1-8-5-12(6-8,10(13)16-19)11(18)14-7-9-3-4-15-17(9)2/h3-4,8,19H,5-7H2,1-2H3,(H2,13,16)(H,14,18). The van der Waals surface area contributed by atoms with Gasteiger partial charge < -0.3 is 16.3 Å². The zero-order chi connectivity index (χ0) is 14.0. The molecule has 1 aromatic rings. The zero-order valence-corrected chi connectivity index (χ0v) is 11.1. The number of amidine groups is 1. The summed E-state index contributed by atoms with van der Waals surface area (Å²) in [5.41, 5.74) is 5.72. The van der Waals surface area contributed by atoms with E-state index in [1.807, 2.05) is 20.0 Å². The molecule has 104 valence electrons. The Morgan fingerprint density at radius 3 is 2.89 bits per heavy atom. The van der Waals surface area contributed by atoms with Crippen LogP contribution in [0.2, 0.25) is 0 Å². The number of aryl methyl sites for hydroxylation is 1. The van der Waals surface area contributed by atoms with Crippen LogP contribution < -0.4 is 11.1 Å². The van der Waals surface area contributed by atoms with Crippen molar-refractivity contribution in [3.05, 3.63) is 18.0 Å². The first-order chi connectivity index (χ1) is 8.99. The minimum Gasteiger partial charge on any atom is -0.409 e. The average molecular weight is 265 g/mol. The fourth-order valence-corrected chi connectivity index (χ4v) is 2.65. The zero-order valence-electron chi connectivity index (χ0n) is 11.1. The molecule has 7 heteroatoms. The van der Waals surface area contributed by atoms with Gasteiger partial charge >= 0.3 is 0 Å². The summed E-state index contributed by atoms with van der Waals surface area (Å²) in [6, 6.07) is 1.83. The number of carbonyl (C=O) groups is 1. The van der Waals surface area contributed by atoms with Gasteiger partial charge in [0.25, 0.3) is 0 Å². The van der Waals surface area contributed by atoms with Crippen molar-refractivity contribution in [2.24, 2.45) is 29.3 Å². The third-order valence-electron chi connectivity index (χ3n) is 3.78. The van der Waals surface area contributed by atoms with E-state index in [2.05, 4.69) is 15.6 Å². The van der Waals surface area contributed by atoms with E-state index in [9.17, 15) is 4.79 Å². The van der Waals surface area contributed by atoms with E-state index in [0.29, 0.717) is 25.3 Å². The second-order valence-electron chi connectivity index (χ2n) is 5.21. The summed E-state index contributed by atoms with van der Waals surface area (Å²) >= 11 is 0. The highest BCUT2D eigenvalue weighted by molar-refractivity contribution is 6.07. The molecule has 1 aliphatic carbocycles. The predicted molar refractivity (Wildman–Crippen MR) is 69.3 cm³/mol. The van der Waals surface area contributed by atoms with Crippen LogP contribution in [0.4, 0.5) is 0 Å². The van der Waals surface area contributed by atoms with Crippen LogP contribution >= 0.6 is 0 Å². The summed E-state index contributed by atoms with van der Waals surface area (Å²) in [4.78, 5) is 12.3. The van der Waals surface area contributed by atoms with Crippen molar-refractivity contribution in [2.75, 3.05) is 0 Å². The first-order valence-corrected chi connectivity index (χ1v) is 6.23. The number of hydrogen-bond donors (Lipinski definition) is 3. The van der Waals surface area contributed by atoms with Crippen molar-refractivity contribution < 1.29 is 10.0 Å². The molecule has 0 radical (unpaired) electrons. The van der Waals surface area contributed by atoms with E-state index >= 15 is 0 Å². The van der Waals surface area contributed by atoms with Crippen molar-refractivity contribution >= 4 is 11.7 Å². The summed E-state index contributed by atoms with van der Waals surface area (Å²) < 4.78 is 1.69. The van der Waals surface area contributed by atoms with Gasteiger partial charge in [0.15, 0.2) is 5.84 Å². The number of nitrogens with two attached hydrogens (primary N) is 1. The van der Waals surface area contributed by atoms with Crippen LogP contribution in [0.25, 0.3) is 0 Å². The molecule has 19 heavy (non-hydrogen) atoms. The van der Waals surface area contributed by atoms with Crippen molar-refractivity contribution in [1.29, 1.82) is 0 Å². The first-order valence-electron chi connectivity index (χ1n) is 6.23. The highest BCUT2D eigenvalue weighted by Crippen LogP contribution is 2.45. The van der Waals surface area contributed by atoms with Gasteiger partial charge in [-0.25, -0.2) is 0 Å². The van der Waals surface area contributed by atoms with Gasteiger partial charge in [-0.2, -0.15) is 5.10 Å². The number of nitrogens with zero attached hydrogens (tertiary/aromatic N) is 3. The van der Waals surface area contributed by atoms with Gasteiger partial charge in [-0.05, 0) is 24.8 Å². The molecule has 0 spiro atoms. The Kier molecular flexibility index (Phi) is 3.46. The number of carbonyl (C=O) groups excluding carboxylic acids is 1. The van der Waals surface area contributed by atoms with E-state index < -0.39 is 5.41 Å². The lowest BCUT2D eigenvalue weighted by molar-refractivity contribution is -0.133. The van der Waals surface area contributed by atoms with Gasteiger partial charge in [0, 0.05) is 13.2 Å². The van der Waals surface area contributed by atoms with Crippen LogP contribution in [0, 0.1) is 11.3 Å². The van der Waals surface area contributed by atoms with Gasteiger partial charge in [0.05, 0.1) is 12.2 Å². The van der Waals surface area contributed by atoms with Crippen molar-refractivity contribution in [3.63, 3.8) is 0 Å². The lowest BCUT2D eigenvalue weighted by Crippen LogP contribution is -2.56. The lowest BCUT2D eigenvalue weighted by Gasteiger charge is -2.43. The molecule has 0 saturated heterocycles. The number of oxime groups is 1. The fourth-order valence-electron chi connectivity index (χ4n) is 2.65. The Morgan fingerprint density at radius 1 is 1.74 bits per heavy atom. The second-order valence-corrected chi connectivity index (χ2v) is 5.21. The molecule has 0 atom stereocenters. The first kappa shape index (κ1) is 13.4. The van der Waals surface area contributed by atoms with E-state index in [4.69, 9.17) is 10.9 Å². The molecule has 4 N–H and O–H groups in total. The minimum atomic E-state index is -0.854. The molecule has 1 saturated carbocycles. The Balaban J connectivity index is 2.04. The molecular formula is C12H19N5O2. The van der Waals surface area contributed by atoms with Crippen LogP contribution in [-0.4, -0.2) is 26.7 Å². The van der Waals surface area contributed by atoms with E-state index in [-0.39, 0.29) is 11.7 Å². The molecule has 1 fully saturated rings. The monoisotopic (exact) mass is 265 g/mol. The summed E-state index contributed by atoms with van der Waals surface area (Å²) in [5.74, 6) is 0.206. The molecule has 1 heterocycles. The maximum absolute atomic E-state index is 12.3. The van der Waals surface area contributed by atoms with Crippen LogP contribution in [-0.2, 0) is 18.4 Å². The molecule has 1 amide bonds. The van der Waals surface area contributed by atoms with Gasteiger partial charge in [0.1, 0.15) is 5.41 Å². The van der Waals surface area contributed by atoms with E-state index in [1.54, 1.807) is 10.9 Å². The summed E-state index contributed by atoms with van der Waals surface area (Å²) in [7, 11) is 1.81. The number of nitrogens with one attached hydrogen (secondary N) is 1. The molecular weight excluding hydrogens is 246 g/mol. The van der Waals surface area contributed by atoms with Crippen LogP contribution in [0.3, 0.4) is 0 Å². The SMILES string of the molecule is CC1CC(C(=O)NCc2ccnn2C)(C(N)=NO)C1. The Bertz CT molecular complexity index is 502. The van der Waals surface area contributed by atoms with Gasteiger partial charge in [-0.3, -0.25) is 9.48 Å². The van der Waals surface area contributed by atoms with Crippen LogP contribution in [0.15, 0.2) is 17.4 Å². The van der Waals surface area contributed by atoms with Gasteiger partial charge in [-0.15, -0.1) is 0 Å². The van der Waals surface area contributed by atoms with Crippen molar-refractivity contribution in [1.82, 2.24) is 15.1 Å². The Morgan fingerprint density at radius 2 is 2.42 bits per heavy atom. The fraction of sp³-hybridized carbons (Fsp3) is 0.583. The van der Waals surface area contributed by atoms with Crippen molar-refractivity contribution in [2.45, 2.75) is 26.3 Å². The largest absolute Gasteiger partial charge is 0.409 e. The number of amides is 1. The Hall–Kier alpha value is -2.05. The van der Waals surface area contributed by atoms with Gasteiger partial charge in [0.2, 0.25) is 5.91 Å². The molecule has 0 bridgehead atoms. The maximum atomic E-state index is 12.3. The van der Waals surface area contributed by atoms with Gasteiger partial charge in [-0.1, -0.05) is 12.1 Å². The highest BCUT2D eigenvalue weighted by atomic mass is 16.4. The summed E-state index contributed by atoms with van der Waals surface area (Å²) in [5, 5.41) is 18.7. The van der Waals surface area contributed by atoms with Crippen LogP contribution in [0.1, 0.15) is 25.5 Å². The third-order valence-corrected chi connectivity index (χ3v) is 3.78. The second kappa shape index (κ2) is 4.91. The molecule has 0 aromatic carbocycles. The highest BCUT2D eigenvalue weighted by Gasteiger charge is 2.52. The van der Waals surface area contributed by atoms with Crippen molar-refractivity contribution in [3.8, 4) is 0 Å².